The van der Waals surface area contributed by atoms with E-state index in [0.29, 0.717) is 17.9 Å². The second-order valence-electron chi connectivity index (χ2n) is 3.46. The molecule has 16 heavy (non-hydrogen) atoms. The summed E-state index contributed by atoms with van der Waals surface area (Å²) in [7, 11) is 0. The highest BCUT2D eigenvalue weighted by Crippen LogP contribution is 2.15. The van der Waals surface area contributed by atoms with Crippen LogP contribution in [0.1, 0.15) is 12.5 Å². The first-order valence-electron chi connectivity index (χ1n) is 5.19. The lowest BCUT2D eigenvalue weighted by Crippen LogP contribution is -2.32. The average molecular weight is 222 g/mol. The van der Waals surface area contributed by atoms with Gasteiger partial charge in [-0.25, -0.2) is 4.39 Å². The number of nitriles is 1. The Hall–Kier alpha value is -1.60. The van der Waals surface area contributed by atoms with Crippen LogP contribution in [-0.4, -0.2) is 19.2 Å². The largest absolute Gasteiger partial charge is 0.491 e. The van der Waals surface area contributed by atoms with Crippen LogP contribution in [0.15, 0.2) is 18.2 Å². The van der Waals surface area contributed by atoms with E-state index in [1.807, 2.05) is 6.92 Å². The summed E-state index contributed by atoms with van der Waals surface area (Å²) in [5.41, 5.74) is 0.537. The Morgan fingerprint density at radius 2 is 2.31 bits per heavy atom. The number of nitrogens with zero attached hydrogens (tertiary/aromatic N) is 1. The lowest BCUT2D eigenvalue weighted by atomic mass is 10.2. The van der Waals surface area contributed by atoms with Crippen LogP contribution in [-0.2, 0) is 0 Å². The monoisotopic (exact) mass is 222 g/mol. The van der Waals surface area contributed by atoms with Crippen LogP contribution in [0.3, 0.4) is 0 Å². The van der Waals surface area contributed by atoms with E-state index in [4.69, 9.17) is 10.00 Å². The standard InChI is InChI=1S/C12H15FN2O/c1-3-15-10(7-14)8-16-11-4-5-12(13)9(2)6-11/h4-6,10,15H,3,8H2,1-2H3. The summed E-state index contributed by atoms with van der Waals surface area (Å²) >= 11 is 0. The fraction of sp³-hybridized carbons (Fsp3) is 0.417. The van der Waals surface area contributed by atoms with Crippen molar-refractivity contribution in [2.45, 2.75) is 19.9 Å². The summed E-state index contributed by atoms with van der Waals surface area (Å²) in [6.07, 6.45) is 0. The molecular formula is C12H15FN2O. The van der Waals surface area contributed by atoms with Crippen molar-refractivity contribution < 1.29 is 9.13 Å². The van der Waals surface area contributed by atoms with Crippen molar-refractivity contribution in [1.29, 1.82) is 5.26 Å². The van der Waals surface area contributed by atoms with Crippen molar-refractivity contribution in [1.82, 2.24) is 5.32 Å². The third-order valence-corrected chi connectivity index (χ3v) is 2.15. The lowest BCUT2D eigenvalue weighted by molar-refractivity contribution is 0.290. The number of nitrogens with one attached hydrogen (secondary N) is 1. The second kappa shape index (κ2) is 6.09. The summed E-state index contributed by atoms with van der Waals surface area (Å²) in [4.78, 5) is 0. The molecule has 0 fully saturated rings. The van der Waals surface area contributed by atoms with Crippen LogP contribution in [0.4, 0.5) is 4.39 Å². The van der Waals surface area contributed by atoms with E-state index in [1.54, 1.807) is 19.1 Å². The Kier molecular flexibility index (Phi) is 4.74. The molecule has 1 atom stereocenters. The molecule has 0 heterocycles. The number of ether oxygens (including phenoxy) is 1. The van der Waals surface area contributed by atoms with Crippen LogP contribution in [0.2, 0.25) is 0 Å². The van der Waals surface area contributed by atoms with Gasteiger partial charge in [-0.3, -0.25) is 5.32 Å². The number of halogens is 1. The van der Waals surface area contributed by atoms with Gasteiger partial charge in [0.05, 0.1) is 6.07 Å². The van der Waals surface area contributed by atoms with Crippen molar-refractivity contribution in [3.63, 3.8) is 0 Å². The molecule has 0 radical (unpaired) electrons. The smallest absolute Gasteiger partial charge is 0.130 e. The fourth-order valence-electron chi connectivity index (χ4n) is 1.27. The van der Waals surface area contributed by atoms with Crippen molar-refractivity contribution in [3.8, 4) is 11.8 Å². The van der Waals surface area contributed by atoms with E-state index < -0.39 is 0 Å². The number of rotatable bonds is 5. The van der Waals surface area contributed by atoms with E-state index in [1.165, 1.54) is 6.07 Å². The molecule has 1 aromatic carbocycles. The quantitative estimate of drug-likeness (QED) is 0.829. The Bertz CT molecular complexity index is 387. The topological polar surface area (TPSA) is 45.0 Å². The maximum absolute atomic E-state index is 13.0. The van der Waals surface area contributed by atoms with Crippen molar-refractivity contribution in [3.05, 3.63) is 29.6 Å². The molecule has 4 heteroatoms. The van der Waals surface area contributed by atoms with Crippen molar-refractivity contribution >= 4 is 0 Å². The molecule has 86 valence electrons. The number of hydrogen-bond donors (Lipinski definition) is 1. The first-order valence-corrected chi connectivity index (χ1v) is 5.19. The minimum Gasteiger partial charge on any atom is -0.491 e. The van der Waals surface area contributed by atoms with Crippen LogP contribution < -0.4 is 10.1 Å². The second-order valence-corrected chi connectivity index (χ2v) is 3.46. The number of benzene rings is 1. The van der Waals surface area contributed by atoms with E-state index >= 15 is 0 Å². The van der Waals surface area contributed by atoms with Crippen LogP contribution >= 0.6 is 0 Å². The van der Waals surface area contributed by atoms with Gasteiger partial charge in [-0.1, -0.05) is 6.92 Å². The van der Waals surface area contributed by atoms with Crippen molar-refractivity contribution in [2.24, 2.45) is 0 Å². The van der Waals surface area contributed by atoms with Gasteiger partial charge in [0.25, 0.3) is 0 Å². The molecule has 0 saturated carbocycles. The third-order valence-electron chi connectivity index (χ3n) is 2.15. The highest BCUT2D eigenvalue weighted by molar-refractivity contribution is 5.28. The predicted molar refractivity (Wildman–Crippen MR) is 59.7 cm³/mol. The fourth-order valence-corrected chi connectivity index (χ4v) is 1.27. The zero-order chi connectivity index (χ0) is 12.0. The number of likely N-dealkylation sites (N-methyl/N-ethyl adjacent to an activating group) is 1. The summed E-state index contributed by atoms with van der Waals surface area (Å²) in [5, 5.41) is 11.7. The Labute approximate surface area is 94.8 Å². The summed E-state index contributed by atoms with van der Waals surface area (Å²) < 4.78 is 18.4. The van der Waals surface area contributed by atoms with Gasteiger partial charge in [0.1, 0.15) is 24.2 Å². The van der Waals surface area contributed by atoms with Crippen LogP contribution in [0, 0.1) is 24.1 Å². The average Bonchev–Trinajstić information content (AvgIpc) is 2.28. The van der Waals surface area contributed by atoms with Gasteiger partial charge in [0.15, 0.2) is 0 Å². The Morgan fingerprint density at radius 1 is 1.56 bits per heavy atom. The van der Waals surface area contributed by atoms with E-state index in [-0.39, 0.29) is 18.5 Å². The SMILES string of the molecule is CCNC(C#N)COc1ccc(F)c(C)c1. The highest BCUT2D eigenvalue weighted by Gasteiger charge is 2.06. The van der Waals surface area contributed by atoms with E-state index in [2.05, 4.69) is 11.4 Å². The minimum atomic E-state index is -0.338. The summed E-state index contributed by atoms with van der Waals surface area (Å²) in [6, 6.07) is 6.29. The maximum atomic E-state index is 13.0. The molecule has 0 amide bonds. The molecule has 0 saturated heterocycles. The van der Waals surface area contributed by atoms with Gasteiger partial charge in [0.2, 0.25) is 0 Å². The molecule has 0 aromatic heterocycles. The molecule has 3 nitrogen and oxygen atoms in total. The zero-order valence-electron chi connectivity index (χ0n) is 9.46. The number of hydrogen-bond acceptors (Lipinski definition) is 3. The zero-order valence-corrected chi connectivity index (χ0v) is 9.46. The first-order chi connectivity index (χ1) is 7.67. The molecule has 0 aliphatic rings. The van der Waals surface area contributed by atoms with Gasteiger partial charge >= 0.3 is 0 Å². The highest BCUT2D eigenvalue weighted by atomic mass is 19.1. The molecule has 1 aromatic rings. The molecule has 0 spiro atoms. The Morgan fingerprint density at radius 3 is 2.88 bits per heavy atom. The maximum Gasteiger partial charge on any atom is 0.130 e. The lowest BCUT2D eigenvalue weighted by Gasteiger charge is -2.12. The minimum absolute atomic E-state index is 0.254. The predicted octanol–water partition coefficient (Wildman–Crippen LogP) is 2.01. The van der Waals surface area contributed by atoms with E-state index in [9.17, 15) is 4.39 Å². The number of aryl methyl sites for hydroxylation is 1. The molecular weight excluding hydrogens is 207 g/mol. The summed E-state index contributed by atoms with van der Waals surface area (Å²) in [6.45, 7) is 4.57. The Balaban J connectivity index is 2.54. The molecule has 1 unspecified atom stereocenters. The van der Waals surface area contributed by atoms with Gasteiger partial charge in [-0.2, -0.15) is 5.26 Å². The molecule has 0 aliphatic carbocycles. The molecule has 1 N–H and O–H groups in total. The first kappa shape index (κ1) is 12.5. The molecule has 1 rings (SSSR count). The molecule has 0 aliphatic heterocycles. The summed E-state index contributed by atoms with van der Waals surface area (Å²) in [5.74, 6) is 0.327. The van der Waals surface area contributed by atoms with Gasteiger partial charge < -0.3 is 4.74 Å². The van der Waals surface area contributed by atoms with Crippen LogP contribution in [0.5, 0.6) is 5.75 Å². The van der Waals surface area contributed by atoms with Gasteiger partial charge in [-0.15, -0.1) is 0 Å². The van der Waals surface area contributed by atoms with Crippen molar-refractivity contribution in [2.75, 3.05) is 13.2 Å². The van der Waals surface area contributed by atoms with Crippen LogP contribution in [0.25, 0.3) is 0 Å². The van der Waals surface area contributed by atoms with E-state index in [0.717, 1.165) is 0 Å². The molecule has 0 bridgehead atoms. The normalized spacial score (nSPS) is 11.9. The third kappa shape index (κ3) is 3.52. The van der Waals surface area contributed by atoms with Gasteiger partial charge in [-0.05, 0) is 37.2 Å². The van der Waals surface area contributed by atoms with Gasteiger partial charge in [0, 0.05) is 0 Å².